The second-order valence-corrected chi connectivity index (χ2v) is 13.6. The van der Waals surface area contributed by atoms with E-state index >= 15 is 0 Å². The summed E-state index contributed by atoms with van der Waals surface area (Å²) >= 11 is 0. The Hall–Kier alpha value is -6.66. The molecule has 0 spiro atoms. The van der Waals surface area contributed by atoms with E-state index in [0.717, 1.165) is 49.4 Å². The van der Waals surface area contributed by atoms with Crippen LogP contribution < -0.4 is 0 Å². The summed E-state index contributed by atoms with van der Waals surface area (Å²) in [4.78, 5) is 0. The molecule has 6 heteroatoms. The van der Waals surface area contributed by atoms with Gasteiger partial charge in [0.15, 0.2) is 0 Å². The van der Waals surface area contributed by atoms with Gasteiger partial charge >= 0.3 is 0 Å². The standard InChI is InChI=1S/C24H22N2O.C22H14N2O/c1-24(2,3)21-15-13-20(14-16-21)23-26-25-22(27-23)19-11-9-18(10-12-19)17-7-5-4-6-8-17;1-3-11-17-15(7-1)9-5-13-19(17)21-23-24-22(25-21)20-14-6-10-16-8-2-4-12-18(16)20/h4-16H,1-3H3;1-14H. The lowest BCUT2D eigenvalue weighted by molar-refractivity contribution is 0.582. The minimum Gasteiger partial charge on any atom is -0.416 e. The van der Waals surface area contributed by atoms with Gasteiger partial charge in [0.05, 0.1) is 0 Å². The fourth-order valence-electron chi connectivity index (χ4n) is 6.27. The highest BCUT2D eigenvalue weighted by Gasteiger charge is 2.16. The second-order valence-electron chi connectivity index (χ2n) is 13.6. The predicted octanol–water partition coefficient (Wildman–Crippen LogP) is 12.1. The van der Waals surface area contributed by atoms with E-state index in [0.29, 0.717) is 23.6 Å². The molecule has 0 saturated heterocycles. The Morgan fingerprint density at radius 3 is 1.25 bits per heavy atom. The summed E-state index contributed by atoms with van der Waals surface area (Å²) in [5.41, 5.74) is 7.52. The maximum absolute atomic E-state index is 6.05. The number of fused-ring (bicyclic) bond motifs is 2. The molecule has 252 valence electrons. The molecule has 2 heterocycles. The van der Waals surface area contributed by atoms with Crippen LogP contribution in [0.1, 0.15) is 26.3 Å². The zero-order chi connectivity index (χ0) is 35.5. The smallest absolute Gasteiger partial charge is 0.248 e. The molecule has 0 bridgehead atoms. The third-order valence-corrected chi connectivity index (χ3v) is 9.13. The first-order valence-corrected chi connectivity index (χ1v) is 17.3. The van der Waals surface area contributed by atoms with Crippen LogP contribution in [0.25, 0.3) is 78.5 Å². The van der Waals surface area contributed by atoms with Gasteiger partial charge in [-0.25, -0.2) is 0 Å². The molecular weight excluding hydrogens is 641 g/mol. The van der Waals surface area contributed by atoms with Crippen LogP contribution in [0.2, 0.25) is 0 Å². The van der Waals surface area contributed by atoms with E-state index in [1.165, 1.54) is 11.1 Å². The van der Waals surface area contributed by atoms with Gasteiger partial charge in [-0.1, -0.05) is 148 Å². The summed E-state index contributed by atoms with van der Waals surface area (Å²) < 4.78 is 12.0. The number of aromatic nitrogens is 4. The number of hydrogen-bond donors (Lipinski definition) is 0. The summed E-state index contributed by atoms with van der Waals surface area (Å²) in [6, 6.07) is 55.4. The van der Waals surface area contributed by atoms with Crippen molar-refractivity contribution in [1.82, 2.24) is 20.4 Å². The molecule has 0 fully saturated rings. The van der Waals surface area contributed by atoms with Crippen LogP contribution in [0, 0.1) is 0 Å². The second kappa shape index (κ2) is 13.9. The largest absolute Gasteiger partial charge is 0.416 e. The highest BCUT2D eigenvalue weighted by molar-refractivity contribution is 5.96. The lowest BCUT2D eigenvalue weighted by Gasteiger charge is -2.18. The van der Waals surface area contributed by atoms with E-state index in [9.17, 15) is 0 Å². The van der Waals surface area contributed by atoms with Crippen LogP contribution >= 0.6 is 0 Å². The van der Waals surface area contributed by atoms with Crippen molar-refractivity contribution in [3.8, 4) is 56.9 Å². The summed E-state index contributed by atoms with van der Waals surface area (Å²) in [5, 5.41) is 21.6. The number of benzene rings is 7. The lowest BCUT2D eigenvalue weighted by atomic mass is 9.87. The Morgan fingerprint density at radius 2 is 0.731 bits per heavy atom. The van der Waals surface area contributed by atoms with Crippen LogP contribution in [0.3, 0.4) is 0 Å². The van der Waals surface area contributed by atoms with E-state index in [-0.39, 0.29) is 5.41 Å². The van der Waals surface area contributed by atoms with Gasteiger partial charge in [-0.15, -0.1) is 20.4 Å². The molecule has 0 saturated carbocycles. The molecule has 6 nitrogen and oxygen atoms in total. The quantitative estimate of drug-likeness (QED) is 0.181. The number of hydrogen-bond acceptors (Lipinski definition) is 6. The lowest BCUT2D eigenvalue weighted by Crippen LogP contribution is -2.10. The molecule has 0 radical (unpaired) electrons. The molecule has 0 N–H and O–H groups in total. The minimum atomic E-state index is 0.124. The fourth-order valence-corrected chi connectivity index (χ4v) is 6.27. The highest BCUT2D eigenvalue weighted by Crippen LogP contribution is 2.33. The van der Waals surface area contributed by atoms with E-state index in [1.807, 2.05) is 91.0 Å². The van der Waals surface area contributed by atoms with Crippen molar-refractivity contribution in [2.75, 3.05) is 0 Å². The monoisotopic (exact) mass is 676 g/mol. The van der Waals surface area contributed by atoms with Crippen LogP contribution in [0.5, 0.6) is 0 Å². The first-order chi connectivity index (χ1) is 25.4. The van der Waals surface area contributed by atoms with Crippen molar-refractivity contribution in [2.24, 2.45) is 0 Å². The average Bonchev–Trinajstić information content (AvgIpc) is 3.89. The molecule has 0 unspecified atom stereocenters. The predicted molar refractivity (Wildman–Crippen MR) is 209 cm³/mol. The van der Waals surface area contributed by atoms with Crippen LogP contribution in [0.15, 0.2) is 173 Å². The van der Waals surface area contributed by atoms with Crippen molar-refractivity contribution in [3.63, 3.8) is 0 Å². The molecule has 52 heavy (non-hydrogen) atoms. The molecule has 9 aromatic rings. The van der Waals surface area contributed by atoms with Crippen molar-refractivity contribution < 1.29 is 8.83 Å². The Morgan fingerprint density at radius 1 is 0.346 bits per heavy atom. The zero-order valence-corrected chi connectivity index (χ0v) is 29.2. The summed E-state index contributed by atoms with van der Waals surface area (Å²) in [6.07, 6.45) is 0. The Bertz CT molecular complexity index is 2490. The van der Waals surface area contributed by atoms with Gasteiger partial charge < -0.3 is 8.83 Å². The minimum absolute atomic E-state index is 0.124. The van der Waals surface area contributed by atoms with Crippen molar-refractivity contribution in [2.45, 2.75) is 26.2 Å². The normalized spacial score (nSPS) is 11.4. The van der Waals surface area contributed by atoms with E-state index in [4.69, 9.17) is 8.83 Å². The van der Waals surface area contributed by atoms with Crippen molar-refractivity contribution >= 4 is 21.5 Å². The van der Waals surface area contributed by atoms with E-state index in [1.54, 1.807) is 0 Å². The van der Waals surface area contributed by atoms with Gasteiger partial charge in [0, 0.05) is 22.3 Å². The third-order valence-electron chi connectivity index (χ3n) is 9.13. The van der Waals surface area contributed by atoms with E-state index in [2.05, 4.69) is 114 Å². The topological polar surface area (TPSA) is 77.8 Å². The molecule has 7 aromatic carbocycles. The summed E-state index contributed by atoms with van der Waals surface area (Å²) in [6.45, 7) is 6.60. The highest BCUT2D eigenvalue weighted by atomic mass is 16.4. The van der Waals surface area contributed by atoms with Crippen molar-refractivity contribution in [3.05, 3.63) is 169 Å². The zero-order valence-electron chi connectivity index (χ0n) is 29.2. The van der Waals surface area contributed by atoms with Gasteiger partial charge in [0.1, 0.15) is 0 Å². The van der Waals surface area contributed by atoms with Gasteiger partial charge in [0.25, 0.3) is 0 Å². The molecule has 2 aromatic heterocycles. The molecule has 0 aliphatic rings. The summed E-state index contributed by atoms with van der Waals surface area (Å²) in [7, 11) is 0. The molecule has 0 aliphatic heterocycles. The number of rotatable bonds is 5. The van der Waals surface area contributed by atoms with Gasteiger partial charge in [-0.3, -0.25) is 0 Å². The van der Waals surface area contributed by atoms with Gasteiger partial charge in [0.2, 0.25) is 23.6 Å². The maximum atomic E-state index is 6.05. The Kier molecular flexibility index (Phi) is 8.71. The van der Waals surface area contributed by atoms with Crippen LogP contribution in [0.4, 0.5) is 0 Å². The molecule has 0 amide bonds. The SMILES string of the molecule is CC(C)(C)c1ccc(-c2nnc(-c3ccc(-c4ccccc4)cc3)o2)cc1.c1ccc2c(-c3nnc(-c4cccc5ccccc45)o3)cccc2c1. The van der Waals surface area contributed by atoms with E-state index < -0.39 is 0 Å². The van der Waals surface area contributed by atoms with Crippen molar-refractivity contribution in [1.29, 1.82) is 0 Å². The van der Waals surface area contributed by atoms with Gasteiger partial charge in [-0.05, 0) is 80.0 Å². The Balaban J connectivity index is 0.000000149. The van der Waals surface area contributed by atoms with Gasteiger partial charge in [-0.2, -0.15) is 0 Å². The molecule has 9 rings (SSSR count). The maximum Gasteiger partial charge on any atom is 0.248 e. The molecule has 0 aliphatic carbocycles. The fraction of sp³-hybridized carbons (Fsp3) is 0.0870. The molecular formula is C46H36N4O2. The first-order valence-electron chi connectivity index (χ1n) is 17.3. The Labute approximate surface area is 302 Å². The summed E-state index contributed by atoms with van der Waals surface area (Å²) in [5.74, 6) is 2.15. The molecule has 0 atom stereocenters. The first kappa shape index (κ1) is 32.5. The average molecular weight is 677 g/mol. The van der Waals surface area contributed by atoms with Crippen LogP contribution in [-0.4, -0.2) is 20.4 Å². The third kappa shape index (κ3) is 6.74. The van der Waals surface area contributed by atoms with Crippen LogP contribution in [-0.2, 0) is 5.41 Å². The number of nitrogens with zero attached hydrogens (tertiary/aromatic N) is 4.